The molecule has 3 heterocycles. The minimum Gasteiger partial charge on any atom is -0.470 e. The number of rotatable bonds is 6. The molecule has 1 aliphatic heterocycles. The standard InChI is InChI=1S/C14H19N3O2S/c1-2-5-17(6-3-1)7-4-8-18-14-16-12(10-20-14)13-9-15-11-19-13/h9-11H,1-8H2. The molecule has 1 aliphatic rings. The fourth-order valence-corrected chi connectivity index (χ4v) is 3.09. The molecule has 0 amide bonds. The Morgan fingerprint density at radius 3 is 3.00 bits per heavy atom. The van der Waals surface area contributed by atoms with Crippen LogP contribution in [0.25, 0.3) is 11.5 Å². The van der Waals surface area contributed by atoms with Gasteiger partial charge in [0, 0.05) is 11.9 Å². The molecule has 1 fully saturated rings. The van der Waals surface area contributed by atoms with E-state index in [1.54, 1.807) is 6.20 Å². The van der Waals surface area contributed by atoms with Gasteiger partial charge in [0.15, 0.2) is 12.2 Å². The predicted octanol–water partition coefficient (Wildman–Crippen LogP) is 3.05. The van der Waals surface area contributed by atoms with Gasteiger partial charge in [-0.1, -0.05) is 17.8 Å². The Bertz CT molecular complexity index is 506. The number of ether oxygens (including phenoxy) is 1. The molecule has 6 heteroatoms. The lowest BCUT2D eigenvalue weighted by Gasteiger charge is -2.26. The van der Waals surface area contributed by atoms with Crippen LogP contribution in [0.4, 0.5) is 0 Å². The van der Waals surface area contributed by atoms with Crippen LogP contribution >= 0.6 is 11.3 Å². The van der Waals surface area contributed by atoms with E-state index < -0.39 is 0 Å². The molecular formula is C14H19N3O2S. The van der Waals surface area contributed by atoms with Crippen LogP contribution in [0.5, 0.6) is 5.19 Å². The highest BCUT2D eigenvalue weighted by Gasteiger charge is 2.10. The fraction of sp³-hybridized carbons (Fsp3) is 0.571. The summed E-state index contributed by atoms with van der Waals surface area (Å²) in [5.41, 5.74) is 0.790. The maximum Gasteiger partial charge on any atom is 0.273 e. The van der Waals surface area contributed by atoms with Gasteiger partial charge in [-0.15, -0.1) is 0 Å². The van der Waals surface area contributed by atoms with Gasteiger partial charge >= 0.3 is 0 Å². The van der Waals surface area contributed by atoms with Gasteiger partial charge < -0.3 is 14.1 Å². The van der Waals surface area contributed by atoms with Crippen molar-refractivity contribution in [1.82, 2.24) is 14.9 Å². The first-order valence-electron chi connectivity index (χ1n) is 7.11. The first-order valence-corrected chi connectivity index (χ1v) is 7.99. The second-order valence-electron chi connectivity index (χ2n) is 4.97. The van der Waals surface area contributed by atoms with Gasteiger partial charge in [-0.3, -0.25) is 0 Å². The molecule has 0 bridgehead atoms. The molecule has 0 saturated carbocycles. The summed E-state index contributed by atoms with van der Waals surface area (Å²) in [7, 11) is 0. The van der Waals surface area contributed by atoms with Crippen molar-refractivity contribution in [2.45, 2.75) is 25.7 Å². The highest BCUT2D eigenvalue weighted by molar-refractivity contribution is 7.11. The number of hydrogen-bond acceptors (Lipinski definition) is 6. The summed E-state index contributed by atoms with van der Waals surface area (Å²) < 4.78 is 10.9. The average molecular weight is 293 g/mol. The molecule has 3 rings (SSSR count). The van der Waals surface area contributed by atoms with E-state index in [4.69, 9.17) is 9.15 Å². The van der Waals surface area contributed by atoms with Crippen LogP contribution in [0.3, 0.4) is 0 Å². The second kappa shape index (κ2) is 6.85. The smallest absolute Gasteiger partial charge is 0.273 e. The predicted molar refractivity (Wildman–Crippen MR) is 78.0 cm³/mol. The van der Waals surface area contributed by atoms with E-state index in [0.29, 0.717) is 11.0 Å². The van der Waals surface area contributed by atoms with Crippen LogP contribution in [0.15, 0.2) is 22.4 Å². The van der Waals surface area contributed by atoms with Crippen LogP contribution in [0.1, 0.15) is 25.7 Å². The largest absolute Gasteiger partial charge is 0.470 e. The van der Waals surface area contributed by atoms with Crippen molar-refractivity contribution in [3.63, 3.8) is 0 Å². The minimum atomic E-state index is 0.685. The van der Waals surface area contributed by atoms with E-state index in [9.17, 15) is 0 Å². The molecule has 0 radical (unpaired) electrons. The first kappa shape index (κ1) is 13.6. The number of likely N-dealkylation sites (tertiary alicyclic amines) is 1. The van der Waals surface area contributed by atoms with E-state index in [1.807, 2.05) is 5.38 Å². The van der Waals surface area contributed by atoms with Gasteiger partial charge in [0.25, 0.3) is 5.19 Å². The third-order valence-electron chi connectivity index (χ3n) is 3.46. The summed E-state index contributed by atoms with van der Waals surface area (Å²) in [6.45, 7) is 4.33. The molecule has 2 aromatic rings. The topological polar surface area (TPSA) is 51.4 Å². The van der Waals surface area contributed by atoms with E-state index in [0.717, 1.165) is 25.3 Å². The second-order valence-corrected chi connectivity index (χ2v) is 5.79. The third-order valence-corrected chi connectivity index (χ3v) is 4.21. The highest BCUT2D eigenvalue weighted by atomic mass is 32.1. The summed E-state index contributed by atoms with van der Waals surface area (Å²) in [4.78, 5) is 10.8. The number of aromatic nitrogens is 2. The van der Waals surface area contributed by atoms with Crippen LogP contribution < -0.4 is 4.74 Å². The van der Waals surface area contributed by atoms with E-state index >= 15 is 0 Å². The Labute approximate surface area is 122 Å². The maximum absolute atomic E-state index is 5.69. The Kier molecular flexibility index (Phi) is 4.65. The monoisotopic (exact) mass is 293 g/mol. The van der Waals surface area contributed by atoms with Gasteiger partial charge in [-0.25, -0.2) is 4.98 Å². The zero-order chi connectivity index (χ0) is 13.6. The molecule has 0 unspecified atom stereocenters. The summed E-state index contributed by atoms with van der Waals surface area (Å²) in [5.74, 6) is 0.685. The Hall–Kier alpha value is -1.40. The van der Waals surface area contributed by atoms with Gasteiger partial charge in [0.05, 0.1) is 12.8 Å². The molecule has 1 saturated heterocycles. The average Bonchev–Trinajstić information content (AvgIpc) is 3.15. The zero-order valence-electron chi connectivity index (χ0n) is 11.5. The fourth-order valence-electron chi connectivity index (χ4n) is 2.41. The van der Waals surface area contributed by atoms with Crippen LogP contribution in [-0.2, 0) is 0 Å². The van der Waals surface area contributed by atoms with Crippen molar-refractivity contribution in [3.8, 4) is 16.6 Å². The van der Waals surface area contributed by atoms with E-state index in [1.165, 1.54) is 50.1 Å². The van der Waals surface area contributed by atoms with Crippen molar-refractivity contribution in [1.29, 1.82) is 0 Å². The van der Waals surface area contributed by atoms with Crippen LogP contribution in [0, 0.1) is 0 Å². The lowest BCUT2D eigenvalue weighted by Crippen LogP contribution is -2.31. The zero-order valence-corrected chi connectivity index (χ0v) is 12.3. The Morgan fingerprint density at radius 1 is 1.30 bits per heavy atom. The van der Waals surface area contributed by atoms with Crippen molar-refractivity contribution >= 4 is 11.3 Å². The number of nitrogens with zero attached hydrogens (tertiary/aromatic N) is 3. The van der Waals surface area contributed by atoms with Crippen molar-refractivity contribution < 1.29 is 9.15 Å². The molecule has 2 aromatic heterocycles. The Morgan fingerprint density at radius 2 is 2.20 bits per heavy atom. The number of piperidine rings is 1. The summed E-state index contributed by atoms with van der Waals surface area (Å²) in [6, 6.07) is 0. The van der Waals surface area contributed by atoms with Gasteiger partial charge in [-0.2, -0.15) is 4.98 Å². The van der Waals surface area contributed by atoms with Gasteiger partial charge in [-0.05, 0) is 32.4 Å². The highest BCUT2D eigenvalue weighted by Crippen LogP contribution is 2.26. The molecular weight excluding hydrogens is 274 g/mol. The van der Waals surface area contributed by atoms with Crippen molar-refractivity contribution in [2.24, 2.45) is 0 Å². The molecule has 0 spiro atoms. The summed E-state index contributed by atoms with van der Waals surface area (Å²) >= 11 is 1.50. The van der Waals surface area contributed by atoms with Gasteiger partial charge in [0.1, 0.15) is 5.69 Å². The van der Waals surface area contributed by atoms with E-state index in [2.05, 4.69) is 14.9 Å². The summed E-state index contributed by atoms with van der Waals surface area (Å²) in [6.07, 6.45) is 8.19. The normalized spacial score (nSPS) is 16.4. The molecule has 108 valence electrons. The van der Waals surface area contributed by atoms with Crippen molar-refractivity contribution in [2.75, 3.05) is 26.2 Å². The molecule has 0 N–H and O–H groups in total. The SMILES string of the molecule is c1ncc(-c2csc(OCCCN3CCCCC3)n2)o1. The number of oxazole rings is 1. The van der Waals surface area contributed by atoms with E-state index in [-0.39, 0.29) is 0 Å². The first-order chi connectivity index (χ1) is 9.92. The lowest BCUT2D eigenvalue weighted by molar-refractivity contribution is 0.205. The molecule has 20 heavy (non-hydrogen) atoms. The molecule has 0 atom stereocenters. The van der Waals surface area contributed by atoms with Gasteiger partial charge in [0.2, 0.25) is 0 Å². The Balaban J connectivity index is 1.40. The molecule has 0 aromatic carbocycles. The van der Waals surface area contributed by atoms with Crippen molar-refractivity contribution in [3.05, 3.63) is 18.0 Å². The van der Waals surface area contributed by atoms with Crippen LogP contribution in [0.2, 0.25) is 0 Å². The third kappa shape index (κ3) is 3.58. The lowest BCUT2D eigenvalue weighted by atomic mass is 10.1. The number of hydrogen-bond donors (Lipinski definition) is 0. The molecule has 0 aliphatic carbocycles. The minimum absolute atomic E-state index is 0.685. The summed E-state index contributed by atoms with van der Waals surface area (Å²) in [5, 5.41) is 2.63. The molecule has 5 nitrogen and oxygen atoms in total. The number of thiazole rings is 1. The maximum atomic E-state index is 5.69. The quantitative estimate of drug-likeness (QED) is 0.766. The van der Waals surface area contributed by atoms with Crippen LogP contribution in [-0.4, -0.2) is 41.1 Å².